The van der Waals surface area contributed by atoms with E-state index in [0.717, 1.165) is 6.54 Å². The first kappa shape index (κ1) is 10.7. The Bertz CT molecular complexity index is 366. The van der Waals surface area contributed by atoms with Crippen LogP contribution in [-0.4, -0.2) is 6.54 Å². The SMILES string of the molecule is Cc1ccc2c(c1)C(CN)CC(C)(C)C2. The molecule has 0 saturated carbocycles. The molecule has 2 N–H and O–H groups in total. The van der Waals surface area contributed by atoms with Gasteiger partial charge in [-0.2, -0.15) is 0 Å². The average molecular weight is 203 g/mol. The van der Waals surface area contributed by atoms with Gasteiger partial charge in [0.15, 0.2) is 0 Å². The van der Waals surface area contributed by atoms with E-state index < -0.39 is 0 Å². The van der Waals surface area contributed by atoms with Gasteiger partial charge < -0.3 is 5.73 Å². The molecule has 0 amide bonds. The van der Waals surface area contributed by atoms with Crippen molar-refractivity contribution >= 4 is 0 Å². The molecule has 0 bridgehead atoms. The second-order valence-corrected chi connectivity index (χ2v) is 5.68. The number of aryl methyl sites for hydroxylation is 1. The molecule has 1 aliphatic carbocycles. The van der Waals surface area contributed by atoms with Crippen molar-refractivity contribution in [3.63, 3.8) is 0 Å². The summed E-state index contributed by atoms with van der Waals surface area (Å²) in [6.45, 7) is 7.63. The maximum Gasteiger partial charge on any atom is -0.000793 e. The summed E-state index contributed by atoms with van der Waals surface area (Å²) in [5.74, 6) is 0.559. The van der Waals surface area contributed by atoms with Crippen molar-refractivity contribution in [1.29, 1.82) is 0 Å². The lowest BCUT2D eigenvalue weighted by Crippen LogP contribution is -2.29. The lowest BCUT2D eigenvalue weighted by atomic mass is 9.69. The van der Waals surface area contributed by atoms with Gasteiger partial charge in [-0.1, -0.05) is 37.6 Å². The van der Waals surface area contributed by atoms with Crippen molar-refractivity contribution in [2.45, 2.75) is 39.5 Å². The zero-order valence-electron chi connectivity index (χ0n) is 10.0. The van der Waals surface area contributed by atoms with Crippen LogP contribution in [0.4, 0.5) is 0 Å². The molecule has 0 aliphatic heterocycles. The van der Waals surface area contributed by atoms with Crippen molar-refractivity contribution in [3.8, 4) is 0 Å². The average Bonchev–Trinajstić information content (AvgIpc) is 2.16. The molecule has 0 spiro atoms. The standard InChI is InChI=1S/C14H21N/c1-10-4-5-11-7-14(2,3)8-12(9-15)13(11)6-10/h4-6,12H,7-9,15H2,1-3H3. The number of nitrogens with two attached hydrogens (primary N) is 1. The molecule has 1 heteroatoms. The number of hydrogen-bond donors (Lipinski definition) is 1. The van der Waals surface area contributed by atoms with Crippen LogP contribution in [0.15, 0.2) is 18.2 Å². The Morgan fingerprint density at radius 2 is 2.13 bits per heavy atom. The molecule has 1 aliphatic rings. The second-order valence-electron chi connectivity index (χ2n) is 5.68. The van der Waals surface area contributed by atoms with Crippen LogP contribution in [0.1, 0.15) is 42.9 Å². The zero-order valence-corrected chi connectivity index (χ0v) is 10.0. The van der Waals surface area contributed by atoms with E-state index in [1.165, 1.54) is 29.5 Å². The minimum absolute atomic E-state index is 0.409. The molecular formula is C14H21N. The van der Waals surface area contributed by atoms with Crippen LogP contribution in [0.5, 0.6) is 0 Å². The molecular weight excluding hydrogens is 182 g/mol. The highest BCUT2D eigenvalue weighted by Crippen LogP contribution is 2.41. The summed E-state index contributed by atoms with van der Waals surface area (Å²) in [5, 5.41) is 0. The van der Waals surface area contributed by atoms with Crippen LogP contribution in [0.25, 0.3) is 0 Å². The van der Waals surface area contributed by atoms with Gasteiger partial charge >= 0.3 is 0 Å². The minimum atomic E-state index is 0.409. The molecule has 82 valence electrons. The third kappa shape index (κ3) is 2.07. The highest BCUT2D eigenvalue weighted by molar-refractivity contribution is 5.37. The third-order valence-corrected chi connectivity index (χ3v) is 3.49. The Balaban J connectivity index is 2.44. The Morgan fingerprint density at radius 3 is 2.80 bits per heavy atom. The Kier molecular flexibility index (Phi) is 2.59. The van der Waals surface area contributed by atoms with Crippen LogP contribution in [-0.2, 0) is 6.42 Å². The van der Waals surface area contributed by atoms with Crippen LogP contribution in [0.3, 0.4) is 0 Å². The van der Waals surface area contributed by atoms with E-state index in [1.807, 2.05) is 0 Å². The van der Waals surface area contributed by atoms with Gasteiger partial charge in [-0.05, 0) is 48.8 Å². The molecule has 1 nitrogen and oxygen atoms in total. The molecule has 0 fully saturated rings. The summed E-state index contributed by atoms with van der Waals surface area (Å²) >= 11 is 0. The van der Waals surface area contributed by atoms with E-state index in [4.69, 9.17) is 5.73 Å². The predicted octanol–water partition coefficient (Wildman–Crippen LogP) is 3.01. The van der Waals surface area contributed by atoms with E-state index in [-0.39, 0.29) is 0 Å². The van der Waals surface area contributed by atoms with Crippen molar-refractivity contribution < 1.29 is 0 Å². The molecule has 0 aromatic heterocycles. The quantitative estimate of drug-likeness (QED) is 0.746. The van der Waals surface area contributed by atoms with Crippen LogP contribution in [0, 0.1) is 12.3 Å². The zero-order chi connectivity index (χ0) is 11.1. The van der Waals surface area contributed by atoms with E-state index in [0.29, 0.717) is 11.3 Å². The first-order valence-electron chi connectivity index (χ1n) is 5.81. The predicted molar refractivity (Wildman–Crippen MR) is 65.1 cm³/mol. The summed E-state index contributed by atoms with van der Waals surface area (Å²) in [5.41, 5.74) is 10.7. The molecule has 0 saturated heterocycles. The second kappa shape index (κ2) is 3.64. The fraction of sp³-hybridized carbons (Fsp3) is 0.571. The highest BCUT2D eigenvalue weighted by Gasteiger charge is 2.31. The minimum Gasteiger partial charge on any atom is -0.330 e. The van der Waals surface area contributed by atoms with Crippen molar-refractivity contribution in [2.24, 2.45) is 11.1 Å². The van der Waals surface area contributed by atoms with Gasteiger partial charge in [0, 0.05) is 0 Å². The van der Waals surface area contributed by atoms with Gasteiger partial charge in [-0.25, -0.2) is 0 Å². The Morgan fingerprint density at radius 1 is 1.40 bits per heavy atom. The van der Waals surface area contributed by atoms with Gasteiger partial charge in [-0.15, -0.1) is 0 Å². The van der Waals surface area contributed by atoms with Gasteiger partial charge in [-0.3, -0.25) is 0 Å². The van der Waals surface area contributed by atoms with E-state index in [2.05, 4.69) is 39.0 Å². The topological polar surface area (TPSA) is 26.0 Å². The molecule has 2 rings (SSSR count). The van der Waals surface area contributed by atoms with E-state index in [1.54, 1.807) is 0 Å². The molecule has 1 aromatic carbocycles. The Labute approximate surface area is 92.7 Å². The lowest BCUT2D eigenvalue weighted by molar-refractivity contribution is 0.282. The Hall–Kier alpha value is -0.820. The summed E-state index contributed by atoms with van der Waals surface area (Å²) < 4.78 is 0. The first-order valence-corrected chi connectivity index (χ1v) is 5.81. The van der Waals surface area contributed by atoms with E-state index in [9.17, 15) is 0 Å². The van der Waals surface area contributed by atoms with Crippen LogP contribution >= 0.6 is 0 Å². The lowest BCUT2D eigenvalue weighted by Gasteiger charge is -2.36. The van der Waals surface area contributed by atoms with Crippen molar-refractivity contribution in [3.05, 3.63) is 34.9 Å². The van der Waals surface area contributed by atoms with Crippen LogP contribution in [0.2, 0.25) is 0 Å². The van der Waals surface area contributed by atoms with Crippen LogP contribution < -0.4 is 5.73 Å². The summed E-state index contributed by atoms with van der Waals surface area (Å²) in [4.78, 5) is 0. The maximum absolute atomic E-state index is 5.89. The monoisotopic (exact) mass is 203 g/mol. The fourth-order valence-corrected chi connectivity index (χ4v) is 2.83. The van der Waals surface area contributed by atoms with Crippen molar-refractivity contribution in [1.82, 2.24) is 0 Å². The third-order valence-electron chi connectivity index (χ3n) is 3.49. The normalized spacial score (nSPS) is 23.6. The molecule has 15 heavy (non-hydrogen) atoms. The molecule has 1 aromatic rings. The van der Waals surface area contributed by atoms with Gasteiger partial charge in [0.05, 0.1) is 0 Å². The number of benzene rings is 1. The smallest absolute Gasteiger partial charge is 0.000793 e. The molecule has 1 atom stereocenters. The van der Waals surface area contributed by atoms with Gasteiger partial charge in [0.2, 0.25) is 0 Å². The van der Waals surface area contributed by atoms with Gasteiger partial charge in [0.1, 0.15) is 0 Å². The maximum atomic E-state index is 5.89. The molecule has 0 radical (unpaired) electrons. The number of hydrogen-bond acceptors (Lipinski definition) is 1. The summed E-state index contributed by atoms with van der Waals surface area (Å²) in [6, 6.07) is 6.82. The molecule has 1 unspecified atom stereocenters. The first-order chi connectivity index (χ1) is 7.02. The summed E-state index contributed by atoms with van der Waals surface area (Å²) in [6.07, 6.45) is 2.42. The largest absolute Gasteiger partial charge is 0.330 e. The number of rotatable bonds is 1. The summed E-state index contributed by atoms with van der Waals surface area (Å²) in [7, 11) is 0. The number of fused-ring (bicyclic) bond motifs is 1. The van der Waals surface area contributed by atoms with Gasteiger partial charge in [0.25, 0.3) is 0 Å². The fourth-order valence-electron chi connectivity index (χ4n) is 2.83. The highest BCUT2D eigenvalue weighted by atomic mass is 14.6. The molecule has 0 heterocycles. The van der Waals surface area contributed by atoms with E-state index >= 15 is 0 Å². The van der Waals surface area contributed by atoms with Crippen molar-refractivity contribution in [2.75, 3.05) is 6.54 Å².